The molecule has 26 heavy (non-hydrogen) atoms. The smallest absolute Gasteiger partial charge is 0.256 e. The van der Waals surface area contributed by atoms with Gasteiger partial charge in [0, 0.05) is 44.6 Å². The topological polar surface area (TPSA) is 75.4 Å². The fourth-order valence-electron chi connectivity index (χ4n) is 3.70. The van der Waals surface area contributed by atoms with Gasteiger partial charge < -0.3 is 5.32 Å². The third-order valence-corrected chi connectivity index (χ3v) is 4.95. The third-order valence-electron chi connectivity index (χ3n) is 4.95. The van der Waals surface area contributed by atoms with Crippen molar-refractivity contribution in [3.8, 4) is 0 Å². The number of carbonyl (C=O) groups is 1. The van der Waals surface area contributed by atoms with Gasteiger partial charge in [0.2, 0.25) is 0 Å². The fourth-order valence-corrected chi connectivity index (χ4v) is 3.70. The van der Waals surface area contributed by atoms with Crippen LogP contribution in [0, 0.1) is 0 Å². The largest absolute Gasteiger partial charge is 0.355 e. The lowest BCUT2D eigenvalue weighted by Gasteiger charge is -2.32. The molecule has 0 saturated carbocycles. The van der Waals surface area contributed by atoms with Gasteiger partial charge in [0.1, 0.15) is 5.56 Å². The van der Waals surface area contributed by atoms with Crippen molar-refractivity contribution in [1.29, 1.82) is 0 Å². The number of aromatic nitrogens is 4. The molecule has 4 rings (SSSR count). The summed E-state index contributed by atoms with van der Waals surface area (Å²) in [4.78, 5) is 23.1. The second-order valence-corrected chi connectivity index (χ2v) is 6.68. The van der Waals surface area contributed by atoms with Gasteiger partial charge in [-0.25, -0.2) is 9.50 Å². The molecule has 1 saturated heterocycles. The Hall–Kier alpha value is -2.80. The van der Waals surface area contributed by atoms with Crippen molar-refractivity contribution in [3.63, 3.8) is 0 Å². The SMILES string of the molecule is CNC(=O)c1cnn2c([C@H]3CCCN(Cc4cccnc4)C3)ccnc12. The van der Waals surface area contributed by atoms with Crippen molar-refractivity contribution in [2.24, 2.45) is 0 Å². The van der Waals surface area contributed by atoms with Crippen LogP contribution < -0.4 is 5.32 Å². The van der Waals surface area contributed by atoms with Crippen LogP contribution >= 0.6 is 0 Å². The number of pyridine rings is 1. The lowest BCUT2D eigenvalue weighted by atomic mass is 9.94. The number of rotatable bonds is 4. The van der Waals surface area contributed by atoms with Gasteiger partial charge in [-0.3, -0.25) is 14.7 Å². The predicted molar refractivity (Wildman–Crippen MR) is 97.9 cm³/mol. The quantitative estimate of drug-likeness (QED) is 0.777. The number of nitrogens with zero attached hydrogens (tertiary/aromatic N) is 5. The first-order chi connectivity index (χ1) is 12.8. The second-order valence-electron chi connectivity index (χ2n) is 6.68. The number of carbonyl (C=O) groups excluding carboxylic acids is 1. The summed E-state index contributed by atoms with van der Waals surface area (Å²) in [5.74, 6) is 0.204. The van der Waals surface area contributed by atoms with Gasteiger partial charge in [-0.15, -0.1) is 0 Å². The van der Waals surface area contributed by atoms with Crippen LogP contribution in [-0.4, -0.2) is 50.5 Å². The van der Waals surface area contributed by atoms with Crippen LogP contribution in [0.2, 0.25) is 0 Å². The fraction of sp³-hybridized carbons (Fsp3) is 0.368. The third kappa shape index (κ3) is 3.17. The molecule has 1 aliphatic heterocycles. The lowest BCUT2D eigenvalue weighted by molar-refractivity contribution is 0.0964. The minimum Gasteiger partial charge on any atom is -0.355 e. The molecule has 0 spiro atoms. The maximum atomic E-state index is 12.0. The zero-order valence-electron chi connectivity index (χ0n) is 14.8. The molecule has 1 N–H and O–H groups in total. The van der Waals surface area contributed by atoms with Crippen molar-refractivity contribution in [2.45, 2.75) is 25.3 Å². The molecule has 3 aromatic heterocycles. The molecular formula is C19H22N6O. The summed E-state index contributed by atoms with van der Waals surface area (Å²) in [6.45, 7) is 2.95. The van der Waals surface area contributed by atoms with Crippen molar-refractivity contribution in [3.05, 3.63) is 59.8 Å². The van der Waals surface area contributed by atoms with E-state index >= 15 is 0 Å². The van der Waals surface area contributed by atoms with Crippen LogP contribution in [0.25, 0.3) is 5.65 Å². The molecule has 1 amide bonds. The highest BCUT2D eigenvalue weighted by Gasteiger charge is 2.25. The Balaban J connectivity index is 1.59. The maximum Gasteiger partial charge on any atom is 0.256 e. The molecule has 1 aliphatic rings. The first-order valence-corrected chi connectivity index (χ1v) is 8.92. The van der Waals surface area contributed by atoms with E-state index in [2.05, 4.69) is 31.3 Å². The van der Waals surface area contributed by atoms with Crippen LogP contribution in [0.15, 0.2) is 43.0 Å². The molecular weight excluding hydrogens is 328 g/mol. The molecule has 1 atom stereocenters. The summed E-state index contributed by atoms with van der Waals surface area (Å²) >= 11 is 0. The number of piperidine rings is 1. The van der Waals surface area contributed by atoms with Gasteiger partial charge in [-0.1, -0.05) is 6.07 Å². The molecule has 0 radical (unpaired) electrons. The van der Waals surface area contributed by atoms with Crippen LogP contribution in [0.1, 0.15) is 40.4 Å². The molecule has 0 aliphatic carbocycles. The Labute approximate surface area is 152 Å². The average Bonchev–Trinajstić information content (AvgIpc) is 3.12. The highest BCUT2D eigenvalue weighted by atomic mass is 16.1. The second kappa shape index (κ2) is 7.21. The Morgan fingerprint density at radius 1 is 1.31 bits per heavy atom. The average molecular weight is 350 g/mol. The zero-order valence-corrected chi connectivity index (χ0v) is 14.8. The van der Waals surface area contributed by atoms with E-state index in [0.717, 1.165) is 38.2 Å². The minimum atomic E-state index is -0.161. The Kier molecular flexibility index (Phi) is 4.62. The first-order valence-electron chi connectivity index (χ1n) is 8.92. The zero-order chi connectivity index (χ0) is 17.9. The Bertz CT molecular complexity index is 907. The molecule has 134 valence electrons. The van der Waals surface area contributed by atoms with E-state index < -0.39 is 0 Å². The summed E-state index contributed by atoms with van der Waals surface area (Å²) in [5.41, 5.74) is 3.47. The summed E-state index contributed by atoms with van der Waals surface area (Å²) in [7, 11) is 1.62. The molecule has 0 aromatic carbocycles. The van der Waals surface area contributed by atoms with Crippen molar-refractivity contribution < 1.29 is 4.79 Å². The highest BCUT2D eigenvalue weighted by molar-refractivity contribution is 5.99. The van der Waals surface area contributed by atoms with E-state index in [1.165, 1.54) is 5.56 Å². The summed E-state index contributed by atoms with van der Waals surface area (Å²) in [6, 6.07) is 6.11. The summed E-state index contributed by atoms with van der Waals surface area (Å²) < 4.78 is 1.82. The number of fused-ring (bicyclic) bond motifs is 1. The molecule has 4 heterocycles. The molecule has 0 unspecified atom stereocenters. The van der Waals surface area contributed by atoms with Gasteiger partial charge in [0.05, 0.1) is 11.9 Å². The predicted octanol–water partition coefficient (Wildman–Crippen LogP) is 1.86. The van der Waals surface area contributed by atoms with E-state index in [-0.39, 0.29) is 5.91 Å². The number of likely N-dealkylation sites (tertiary alicyclic amines) is 1. The van der Waals surface area contributed by atoms with Crippen molar-refractivity contribution >= 4 is 11.6 Å². The highest BCUT2D eigenvalue weighted by Crippen LogP contribution is 2.28. The number of amides is 1. The Morgan fingerprint density at radius 2 is 2.23 bits per heavy atom. The summed E-state index contributed by atoms with van der Waals surface area (Å²) in [5, 5.41) is 7.08. The van der Waals surface area contributed by atoms with Gasteiger partial charge in [0.25, 0.3) is 5.91 Å². The van der Waals surface area contributed by atoms with Gasteiger partial charge in [-0.2, -0.15) is 5.10 Å². The van der Waals surface area contributed by atoms with E-state index in [0.29, 0.717) is 17.1 Å². The molecule has 3 aromatic rings. The number of hydrogen-bond acceptors (Lipinski definition) is 5. The van der Waals surface area contributed by atoms with Crippen LogP contribution in [0.4, 0.5) is 0 Å². The molecule has 0 bridgehead atoms. The maximum absolute atomic E-state index is 12.0. The van der Waals surface area contributed by atoms with E-state index in [1.807, 2.05) is 22.8 Å². The van der Waals surface area contributed by atoms with Crippen LogP contribution in [0.5, 0.6) is 0 Å². The van der Waals surface area contributed by atoms with E-state index in [1.54, 1.807) is 25.6 Å². The minimum absolute atomic E-state index is 0.161. The Morgan fingerprint density at radius 3 is 3.04 bits per heavy atom. The van der Waals surface area contributed by atoms with Crippen molar-refractivity contribution in [1.82, 2.24) is 29.8 Å². The van der Waals surface area contributed by atoms with E-state index in [4.69, 9.17) is 0 Å². The lowest BCUT2D eigenvalue weighted by Crippen LogP contribution is -2.34. The first kappa shape index (κ1) is 16.7. The molecule has 7 nitrogen and oxygen atoms in total. The van der Waals surface area contributed by atoms with Gasteiger partial charge in [0.15, 0.2) is 5.65 Å². The van der Waals surface area contributed by atoms with Gasteiger partial charge >= 0.3 is 0 Å². The molecule has 7 heteroatoms. The van der Waals surface area contributed by atoms with E-state index in [9.17, 15) is 4.79 Å². The molecule has 1 fully saturated rings. The van der Waals surface area contributed by atoms with Crippen LogP contribution in [-0.2, 0) is 6.54 Å². The summed E-state index contributed by atoms with van der Waals surface area (Å²) in [6.07, 6.45) is 9.35. The van der Waals surface area contributed by atoms with Crippen LogP contribution in [0.3, 0.4) is 0 Å². The van der Waals surface area contributed by atoms with Gasteiger partial charge in [-0.05, 0) is 37.1 Å². The monoisotopic (exact) mass is 350 g/mol. The van der Waals surface area contributed by atoms with Crippen molar-refractivity contribution in [2.75, 3.05) is 20.1 Å². The number of nitrogens with one attached hydrogen (secondary N) is 1. The standard InChI is InChI=1S/C19H22N6O/c1-20-19(26)16-11-23-25-17(6-8-22-18(16)25)15-5-3-9-24(13-15)12-14-4-2-7-21-10-14/h2,4,6-8,10-11,15H,3,5,9,12-13H2,1H3,(H,20,26)/t15-/m0/s1. The normalized spacial score (nSPS) is 18.1. The number of hydrogen-bond donors (Lipinski definition) is 1.